The van der Waals surface area contributed by atoms with Crippen LogP contribution < -0.4 is 0 Å². The summed E-state index contributed by atoms with van der Waals surface area (Å²) < 4.78 is 0. The fourth-order valence-electron chi connectivity index (χ4n) is 4.12. The number of benzene rings is 5. The standard InChI is InChI=1S/C29H22/c1-21-17-19-23(20-18-21)25-12-4-5-13-26(25)28-14-6-7-15-29(28)27-16-8-10-22-9-2-3-11-24(22)27/h2-20H,1H3. The quantitative estimate of drug-likeness (QED) is 0.300. The molecule has 0 aliphatic rings. The second-order valence-corrected chi connectivity index (χ2v) is 7.48. The Labute approximate surface area is 172 Å². The second kappa shape index (κ2) is 7.41. The largest absolute Gasteiger partial charge is 0.0616 e. The molecule has 0 saturated carbocycles. The molecular formula is C29H22. The summed E-state index contributed by atoms with van der Waals surface area (Å²) in [4.78, 5) is 0. The van der Waals surface area contributed by atoms with E-state index in [1.165, 1.54) is 49.7 Å². The van der Waals surface area contributed by atoms with Crippen LogP contribution in [0.15, 0.2) is 115 Å². The molecule has 5 rings (SSSR count). The van der Waals surface area contributed by atoms with Crippen LogP contribution in [0.1, 0.15) is 5.56 Å². The highest BCUT2D eigenvalue weighted by Gasteiger charge is 2.13. The van der Waals surface area contributed by atoms with Crippen LogP contribution in [0.5, 0.6) is 0 Å². The Balaban J connectivity index is 1.75. The normalized spacial score (nSPS) is 10.9. The van der Waals surface area contributed by atoms with Gasteiger partial charge in [-0.25, -0.2) is 0 Å². The van der Waals surface area contributed by atoms with Gasteiger partial charge in [-0.2, -0.15) is 0 Å². The number of fused-ring (bicyclic) bond motifs is 1. The van der Waals surface area contributed by atoms with Crippen molar-refractivity contribution in [3.05, 3.63) is 121 Å². The molecule has 0 bridgehead atoms. The van der Waals surface area contributed by atoms with Gasteiger partial charge in [0.25, 0.3) is 0 Å². The topological polar surface area (TPSA) is 0 Å². The molecule has 5 aromatic rings. The fourth-order valence-corrected chi connectivity index (χ4v) is 4.12. The highest BCUT2D eigenvalue weighted by atomic mass is 14.2. The molecule has 0 spiro atoms. The van der Waals surface area contributed by atoms with Crippen molar-refractivity contribution in [2.24, 2.45) is 0 Å². The first-order valence-corrected chi connectivity index (χ1v) is 10.0. The van der Waals surface area contributed by atoms with Crippen molar-refractivity contribution >= 4 is 10.8 Å². The van der Waals surface area contributed by atoms with E-state index in [1.807, 2.05) is 0 Å². The molecule has 0 amide bonds. The highest BCUT2D eigenvalue weighted by Crippen LogP contribution is 2.40. The van der Waals surface area contributed by atoms with E-state index < -0.39 is 0 Å². The van der Waals surface area contributed by atoms with Gasteiger partial charge >= 0.3 is 0 Å². The van der Waals surface area contributed by atoms with E-state index in [0.717, 1.165) is 0 Å². The van der Waals surface area contributed by atoms with E-state index in [1.54, 1.807) is 0 Å². The maximum atomic E-state index is 2.24. The van der Waals surface area contributed by atoms with E-state index >= 15 is 0 Å². The zero-order chi connectivity index (χ0) is 19.6. The molecule has 0 unspecified atom stereocenters. The van der Waals surface area contributed by atoms with Gasteiger partial charge in [0.2, 0.25) is 0 Å². The number of rotatable bonds is 3. The maximum absolute atomic E-state index is 2.24. The average molecular weight is 370 g/mol. The Hall–Kier alpha value is -3.64. The fraction of sp³-hybridized carbons (Fsp3) is 0.0345. The lowest BCUT2D eigenvalue weighted by Gasteiger charge is -2.16. The number of hydrogen-bond acceptors (Lipinski definition) is 0. The summed E-state index contributed by atoms with van der Waals surface area (Å²) in [6, 6.07) is 41.4. The third-order valence-corrected chi connectivity index (χ3v) is 5.59. The molecular weight excluding hydrogens is 348 g/mol. The Morgan fingerprint density at radius 3 is 1.59 bits per heavy atom. The van der Waals surface area contributed by atoms with Crippen molar-refractivity contribution in [2.75, 3.05) is 0 Å². The zero-order valence-corrected chi connectivity index (χ0v) is 16.5. The molecule has 0 atom stereocenters. The molecule has 5 aromatic carbocycles. The third kappa shape index (κ3) is 3.23. The molecule has 0 fully saturated rings. The van der Waals surface area contributed by atoms with Crippen LogP contribution in [0, 0.1) is 6.92 Å². The van der Waals surface area contributed by atoms with Gasteiger partial charge in [0, 0.05) is 0 Å². The third-order valence-electron chi connectivity index (χ3n) is 5.59. The molecule has 0 heteroatoms. The summed E-state index contributed by atoms with van der Waals surface area (Å²) in [6.45, 7) is 2.13. The van der Waals surface area contributed by atoms with Gasteiger partial charge in [-0.05, 0) is 51.1 Å². The minimum Gasteiger partial charge on any atom is -0.0616 e. The van der Waals surface area contributed by atoms with Crippen LogP contribution in [-0.2, 0) is 0 Å². The first-order chi connectivity index (χ1) is 14.3. The molecule has 0 aliphatic heterocycles. The molecule has 0 aromatic heterocycles. The number of hydrogen-bond donors (Lipinski definition) is 0. The Bertz CT molecular complexity index is 1290. The van der Waals surface area contributed by atoms with Gasteiger partial charge in [0.05, 0.1) is 0 Å². The van der Waals surface area contributed by atoms with E-state index in [4.69, 9.17) is 0 Å². The summed E-state index contributed by atoms with van der Waals surface area (Å²) in [7, 11) is 0. The van der Waals surface area contributed by atoms with Crippen molar-refractivity contribution in [3.8, 4) is 33.4 Å². The van der Waals surface area contributed by atoms with Gasteiger partial charge in [-0.1, -0.05) is 121 Å². The van der Waals surface area contributed by atoms with Crippen LogP contribution in [0.25, 0.3) is 44.2 Å². The first kappa shape index (κ1) is 17.5. The molecule has 0 radical (unpaired) electrons. The van der Waals surface area contributed by atoms with E-state index in [0.29, 0.717) is 0 Å². The Morgan fingerprint density at radius 1 is 0.379 bits per heavy atom. The molecule has 138 valence electrons. The molecule has 29 heavy (non-hydrogen) atoms. The van der Waals surface area contributed by atoms with Gasteiger partial charge in [0.15, 0.2) is 0 Å². The summed E-state index contributed by atoms with van der Waals surface area (Å²) in [5.41, 5.74) is 8.86. The lowest BCUT2D eigenvalue weighted by molar-refractivity contribution is 1.47. The molecule has 0 aliphatic carbocycles. The van der Waals surface area contributed by atoms with Crippen LogP contribution in [-0.4, -0.2) is 0 Å². The van der Waals surface area contributed by atoms with Gasteiger partial charge in [-0.15, -0.1) is 0 Å². The highest BCUT2D eigenvalue weighted by molar-refractivity contribution is 6.01. The Kier molecular flexibility index (Phi) is 4.46. The summed E-state index contributed by atoms with van der Waals surface area (Å²) >= 11 is 0. The smallest absolute Gasteiger partial charge is 0.00990 e. The van der Waals surface area contributed by atoms with Crippen LogP contribution in [0.3, 0.4) is 0 Å². The van der Waals surface area contributed by atoms with Crippen LogP contribution >= 0.6 is 0 Å². The van der Waals surface area contributed by atoms with Crippen molar-refractivity contribution in [3.63, 3.8) is 0 Å². The van der Waals surface area contributed by atoms with E-state index in [-0.39, 0.29) is 0 Å². The minimum atomic E-state index is 1.25. The van der Waals surface area contributed by atoms with Crippen molar-refractivity contribution < 1.29 is 0 Å². The molecule has 0 N–H and O–H groups in total. The predicted octanol–water partition coefficient (Wildman–Crippen LogP) is 8.15. The number of aryl methyl sites for hydroxylation is 1. The lowest BCUT2D eigenvalue weighted by atomic mass is 9.88. The van der Waals surface area contributed by atoms with Crippen molar-refractivity contribution in [2.45, 2.75) is 6.92 Å². The minimum absolute atomic E-state index is 1.25. The van der Waals surface area contributed by atoms with Gasteiger partial charge < -0.3 is 0 Å². The van der Waals surface area contributed by atoms with Crippen LogP contribution in [0.4, 0.5) is 0 Å². The van der Waals surface area contributed by atoms with Gasteiger partial charge in [-0.3, -0.25) is 0 Å². The lowest BCUT2D eigenvalue weighted by Crippen LogP contribution is -1.90. The summed E-state index contributed by atoms with van der Waals surface area (Å²) in [5.74, 6) is 0. The van der Waals surface area contributed by atoms with Crippen LogP contribution in [0.2, 0.25) is 0 Å². The summed E-state index contributed by atoms with van der Waals surface area (Å²) in [6.07, 6.45) is 0. The average Bonchev–Trinajstić information content (AvgIpc) is 2.79. The second-order valence-electron chi connectivity index (χ2n) is 7.48. The monoisotopic (exact) mass is 370 g/mol. The Morgan fingerprint density at radius 2 is 0.862 bits per heavy atom. The van der Waals surface area contributed by atoms with Gasteiger partial charge in [0.1, 0.15) is 0 Å². The van der Waals surface area contributed by atoms with E-state index in [2.05, 4.69) is 122 Å². The SMILES string of the molecule is Cc1ccc(-c2ccccc2-c2ccccc2-c2cccc3ccccc23)cc1. The zero-order valence-electron chi connectivity index (χ0n) is 16.5. The maximum Gasteiger partial charge on any atom is -0.00990 e. The molecule has 0 nitrogen and oxygen atoms in total. The molecule has 0 heterocycles. The van der Waals surface area contributed by atoms with E-state index in [9.17, 15) is 0 Å². The predicted molar refractivity (Wildman–Crippen MR) is 125 cm³/mol. The summed E-state index contributed by atoms with van der Waals surface area (Å²) in [5, 5.41) is 2.56. The van der Waals surface area contributed by atoms with Crippen molar-refractivity contribution in [1.82, 2.24) is 0 Å². The van der Waals surface area contributed by atoms with Crippen molar-refractivity contribution in [1.29, 1.82) is 0 Å². The first-order valence-electron chi connectivity index (χ1n) is 10.0. The molecule has 0 saturated heterocycles.